The van der Waals surface area contributed by atoms with Crippen molar-refractivity contribution in [1.82, 2.24) is 4.90 Å². The van der Waals surface area contributed by atoms with Crippen LogP contribution in [0.1, 0.15) is 11.3 Å². The van der Waals surface area contributed by atoms with Crippen LogP contribution >= 0.6 is 24.0 Å². The maximum atomic E-state index is 12.7. The Labute approximate surface area is 153 Å². The Morgan fingerprint density at radius 1 is 1.36 bits per heavy atom. The third-order valence-electron chi connectivity index (χ3n) is 3.78. The van der Waals surface area contributed by atoms with Gasteiger partial charge in [0.05, 0.1) is 24.8 Å². The Balaban J connectivity index is 1.64. The van der Waals surface area contributed by atoms with Crippen LogP contribution in [0.2, 0.25) is 0 Å². The molecule has 1 aromatic heterocycles. The molecule has 0 unspecified atom stereocenters. The van der Waals surface area contributed by atoms with Crippen LogP contribution in [-0.4, -0.2) is 29.0 Å². The van der Waals surface area contributed by atoms with Crippen molar-refractivity contribution in [3.05, 3.63) is 46.8 Å². The van der Waals surface area contributed by atoms with Gasteiger partial charge in [0.2, 0.25) is 6.79 Å². The van der Waals surface area contributed by atoms with Gasteiger partial charge < -0.3 is 18.6 Å². The van der Waals surface area contributed by atoms with Crippen LogP contribution in [0.25, 0.3) is 6.08 Å². The first-order valence-electron chi connectivity index (χ1n) is 7.41. The molecule has 0 spiro atoms. The summed E-state index contributed by atoms with van der Waals surface area (Å²) >= 11 is 6.58. The van der Waals surface area contributed by atoms with Gasteiger partial charge in [0.15, 0.2) is 11.5 Å². The van der Waals surface area contributed by atoms with Gasteiger partial charge in [-0.25, -0.2) is 0 Å². The van der Waals surface area contributed by atoms with Crippen LogP contribution in [0.15, 0.2) is 39.9 Å². The number of carbonyl (C=O) groups excluding carboxylic acids is 1. The molecule has 0 aliphatic carbocycles. The molecule has 3 heterocycles. The minimum Gasteiger partial charge on any atom is -0.496 e. The van der Waals surface area contributed by atoms with Crippen molar-refractivity contribution in [2.45, 2.75) is 6.54 Å². The molecule has 1 aromatic carbocycles. The summed E-state index contributed by atoms with van der Waals surface area (Å²) in [7, 11) is 1.57. The number of amides is 1. The van der Waals surface area contributed by atoms with E-state index in [4.69, 9.17) is 30.8 Å². The lowest BCUT2D eigenvalue weighted by Gasteiger charge is -2.12. The van der Waals surface area contributed by atoms with E-state index >= 15 is 0 Å². The van der Waals surface area contributed by atoms with Gasteiger partial charge in [0.1, 0.15) is 15.8 Å². The fourth-order valence-corrected chi connectivity index (χ4v) is 3.81. The number of hydrogen-bond donors (Lipinski definition) is 0. The van der Waals surface area contributed by atoms with Crippen LogP contribution in [0.5, 0.6) is 17.2 Å². The van der Waals surface area contributed by atoms with Crippen LogP contribution in [0.3, 0.4) is 0 Å². The van der Waals surface area contributed by atoms with E-state index in [0.29, 0.717) is 38.8 Å². The summed E-state index contributed by atoms with van der Waals surface area (Å²) in [6.07, 6.45) is 3.32. The van der Waals surface area contributed by atoms with E-state index in [1.165, 1.54) is 16.7 Å². The molecule has 2 aliphatic heterocycles. The molecule has 25 heavy (non-hydrogen) atoms. The molecule has 1 fully saturated rings. The molecule has 2 aliphatic rings. The van der Waals surface area contributed by atoms with Gasteiger partial charge in [0, 0.05) is 11.6 Å². The highest BCUT2D eigenvalue weighted by atomic mass is 32.2. The Hall–Kier alpha value is -2.45. The summed E-state index contributed by atoms with van der Waals surface area (Å²) in [5, 5.41) is 0. The number of carbonyl (C=O) groups is 1. The Morgan fingerprint density at radius 2 is 2.16 bits per heavy atom. The minimum absolute atomic E-state index is 0.161. The van der Waals surface area contributed by atoms with Gasteiger partial charge in [-0.05, 0) is 24.3 Å². The number of ether oxygens (including phenoxy) is 3. The van der Waals surface area contributed by atoms with Crippen LogP contribution in [0.4, 0.5) is 0 Å². The second-order valence-corrected chi connectivity index (χ2v) is 6.97. The first kappa shape index (κ1) is 16.0. The molecule has 0 bridgehead atoms. The standard InChI is InChI=1S/C17H13NO5S2/c1-20-12-7-14-13(22-9-23-14)5-10(12)6-15-16(19)18(17(24)25-15)8-11-3-2-4-21-11/h2-7H,8-9H2,1H3/b15-6-. The number of rotatable bonds is 4. The van der Waals surface area contributed by atoms with Crippen molar-refractivity contribution in [3.8, 4) is 17.2 Å². The number of fused-ring (bicyclic) bond motifs is 1. The van der Waals surface area contributed by atoms with Crippen molar-refractivity contribution < 1.29 is 23.4 Å². The number of hydrogen-bond acceptors (Lipinski definition) is 7. The lowest BCUT2D eigenvalue weighted by atomic mass is 10.1. The molecule has 0 radical (unpaired) electrons. The zero-order valence-corrected chi connectivity index (χ0v) is 14.8. The third-order valence-corrected chi connectivity index (χ3v) is 5.16. The first-order valence-corrected chi connectivity index (χ1v) is 8.63. The lowest BCUT2D eigenvalue weighted by Crippen LogP contribution is -2.27. The van der Waals surface area contributed by atoms with Crippen molar-refractivity contribution in [2.24, 2.45) is 0 Å². The van der Waals surface area contributed by atoms with Crippen molar-refractivity contribution >= 4 is 40.3 Å². The van der Waals surface area contributed by atoms with Crippen LogP contribution in [0, 0.1) is 0 Å². The number of furan rings is 1. The van der Waals surface area contributed by atoms with E-state index < -0.39 is 0 Å². The highest BCUT2D eigenvalue weighted by Gasteiger charge is 2.33. The second kappa shape index (κ2) is 6.45. The molecule has 4 rings (SSSR count). The molecule has 8 heteroatoms. The summed E-state index contributed by atoms with van der Waals surface area (Å²) in [6, 6.07) is 7.13. The highest BCUT2D eigenvalue weighted by Crippen LogP contribution is 2.41. The second-order valence-electron chi connectivity index (χ2n) is 5.29. The zero-order chi connectivity index (χ0) is 17.4. The SMILES string of the molecule is COc1cc2c(cc1/C=C1\SC(=S)N(Cc3ccco3)C1=O)OCO2. The number of nitrogens with zero attached hydrogens (tertiary/aromatic N) is 1. The molecular weight excluding hydrogens is 362 g/mol. The minimum atomic E-state index is -0.161. The van der Waals surface area contributed by atoms with Crippen molar-refractivity contribution in [1.29, 1.82) is 0 Å². The zero-order valence-electron chi connectivity index (χ0n) is 13.2. The molecule has 0 N–H and O–H groups in total. The molecule has 0 saturated carbocycles. The molecule has 6 nitrogen and oxygen atoms in total. The fraction of sp³-hybridized carbons (Fsp3) is 0.176. The van der Waals surface area contributed by atoms with E-state index in [-0.39, 0.29) is 12.7 Å². The fourth-order valence-electron chi connectivity index (χ4n) is 2.56. The number of thiocarbonyl (C=S) groups is 1. The first-order chi connectivity index (χ1) is 12.2. The van der Waals surface area contributed by atoms with Crippen molar-refractivity contribution in [3.63, 3.8) is 0 Å². The molecule has 1 amide bonds. The molecule has 2 aromatic rings. The summed E-state index contributed by atoms with van der Waals surface area (Å²) < 4.78 is 21.9. The summed E-state index contributed by atoms with van der Waals surface area (Å²) in [4.78, 5) is 14.7. The summed E-state index contributed by atoms with van der Waals surface area (Å²) in [6.45, 7) is 0.487. The van der Waals surface area contributed by atoms with E-state index in [9.17, 15) is 4.79 Å². The maximum absolute atomic E-state index is 12.7. The molecular formula is C17H13NO5S2. The lowest BCUT2D eigenvalue weighted by molar-refractivity contribution is -0.122. The van der Waals surface area contributed by atoms with E-state index in [0.717, 1.165) is 5.56 Å². The van der Waals surface area contributed by atoms with Gasteiger partial charge in [0.25, 0.3) is 5.91 Å². The maximum Gasteiger partial charge on any atom is 0.266 e. The molecule has 128 valence electrons. The average Bonchev–Trinajstić information content (AvgIpc) is 3.32. The van der Waals surface area contributed by atoms with Gasteiger partial charge in [-0.2, -0.15) is 0 Å². The van der Waals surface area contributed by atoms with Gasteiger partial charge in [-0.1, -0.05) is 24.0 Å². The average molecular weight is 375 g/mol. The quantitative estimate of drug-likeness (QED) is 0.599. The third kappa shape index (κ3) is 2.98. The molecule has 0 atom stereocenters. The van der Waals surface area contributed by atoms with E-state index in [2.05, 4.69) is 0 Å². The van der Waals surface area contributed by atoms with Crippen molar-refractivity contribution in [2.75, 3.05) is 13.9 Å². The number of methoxy groups -OCH3 is 1. The van der Waals surface area contributed by atoms with Gasteiger partial charge in [-0.15, -0.1) is 0 Å². The Morgan fingerprint density at radius 3 is 2.88 bits per heavy atom. The summed E-state index contributed by atoms with van der Waals surface area (Å²) in [5.74, 6) is 2.36. The van der Waals surface area contributed by atoms with Crippen LogP contribution in [-0.2, 0) is 11.3 Å². The largest absolute Gasteiger partial charge is 0.496 e. The Bertz CT molecular complexity index is 875. The van der Waals surface area contributed by atoms with Crippen LogP contribution < -0.4 is 14.2 Å². The highest BCUT2D eigenvalue weighted by molar-refractivity contribution is 8.26. The van der Waals surface area contributed by atoms with Gasteiger partial charge in [-0.3, -0.25) is 9.69 Å². The van der Waals surface area contributed by atoms with Gasteiger partial charge >= 0.3 is 0 Å². The number of benzene rings is 1. The normalized spacial score (nSPS) is 17.6. The number of thioether (sulfide) groups is 1. The van der Waals surface area contributed by atoms with E-state index in [1.807, 2.05) is 6.07 Å². The monoisotopic (exact) mass is 375 g/mol. The topological polar surface area (TPSA) is 61.1 Å². The predicted octanol–water partition coefficient (Wildman–Crippen LogP) is 3.42. The van der Waals surface area contributed by atoms with E-state index in [1.54, 1.807) is 37.6 Å². The Kier molecular flexibility index (Phi) is 4.14. The molecule has 1 saturated heterocycles. The predicted molar refractivity (Wildman–Crippen MR) is 96.5 cm³/mol. The summed E-state index contributed by atoms with van der Waals surface area (Å²) in [5.41, 5.74) is 0.727. The smallest absolute Gasteiger partial charge is 0.266 e.